The quantitative estimate of drug-likeness (QED) is 0.409. The van der Waals surface area contributed by atoms with Gasteiger partial charge in [0.1, 0.15) is 14.2 Å². The van der Waals surface area contributed by atoms with E-state index >= 15 is 0 Å². The Labute approximate surface area is 105 Å². The van der Waals surface area contributed by atoms with E-state index < -0.39 is 13.7 Å². The van der Waals surface area contributed by atoms with E-state index in [2.05, 4.69) is 31.1 Å². The predicted molar refractivity (Wildman–Crippen MR) is 70.3 cm³/mol. The fourth-order valence-electron chi connectivity index (χ4n) is 1.72. The monoisotopic (exact) mass is 254 g/mol. The molecule has 0 aliphatic carbocycles. The molecule has 0 unspecified atom stereocenters. The molecule has 0 amide bonds. The smallest absolute Gasteiger partial charge is 0.303 e. The van der Waals surface area contributed by atoms with Crippen LogP contribution in [0.2, 0.25) is 19.6 Å². The van der Waals surface area contributed by atoms with Gasteiger partial charge in [0.15, 0.2) is 5.60 Å². The average molecular weight is 254 g/mol. The van der Waals surface area contributed by atoms with E-state index in [0.717, 1.165) is 12.8 Å². The summed E-state index contributed by atoms with van der Waals surface area (Å²) < 4.78 is 11.1. The van der Waals surface area contributed by atoms with Crippen LogP contribution in [0, 0.1) is 11.5 Å². The lowest BCUT2D eigenvalue weighted by Gasteiger charge is -2.36. The van der Waals surface area contributed by atoms with Gasteiger partial charge in [0.2, 0.25) is 0 Å². The van der Waals surface area contributed by atoms with Crippen LogP contribution in [-0.4, -0.2) is 32.4 Å². The second-order valence-electron chi connectivity index (χ2n) is 5.70. The van der Waals surface area contributed by atoms with Gasteiger partial charge in [-0.3, -0.25) is 4.79 Å². The molecule has 17 heavy (non-hydrogen) atoms. The highest BCUT2D eigenvalue weighted by molar-refractivity contribution is 6.83. The van der Waals surface area contributed by atoms with Gasteiger partial charge in [-0.15, -0.1) is 5.54 Å². The maximum absolute atomic E-state index is 11.1. The lowest BCUT2D eigenvalue weighted by Crippen LogP contribution is -2.47. The normalized spacial score (nSPS) is 29.1. The zero-order valence-corrected chi connectivity index (χ0v) is 12.4. The number of rotatable bonds is 1. The van der Waals surface area contributed by atoms with E-state index in [-0.39, 0.29) is 12.1 Å². The number of ether oxygens (including phenoxy) is 2. The van der Waals surface area contributed by atoms with Crippen molar-refractivity contribution in [3.8, 4) is 11.5 Å². The molecule has 3 nitrogen and oxygen atoms in total. The van der Waals surface area contributed by atoms with Gasteiger partial charge < -0.3 is 9.47 Å². The lowest BCUT2D eigenvalue weighted by atomic mass is 9.93. The standard InChI is InChI=1S/C13H22O3Si/c1-11(14)16-12-7-6-9-15-13(12,2)8-10-17(3,4)5/h12H,6-7,9H2,1-5H3/t12-,13-/m1/s1. The summed E-state index contributed by atoms with van der Waals surface area (Å²) in [6, 6.07) is 0. The van der Waals surface area contributed by atoms with E-state index in [1.807, 2.05) is 6.92 Å². The fraction of sp³-hybridized carbons (Fsp3) is 0.769. The molecule has 2 atom stereocenters. The number of carbonyl (C=O) groups is 1. The molecule has 0 spiro atoms. The summed E-state index contributed by atoms with van der Waals surface area (Å²) in [6.45, 7) is 10.6. The molecule has 0 aromatic heterocycles. The minimum absolute atomic E-state index is 0.238. The van der Waals surface area contributed by atoms with Crippen molar-refractivity contribution in [2.24, 2.45) is 0 Å². The number of carbonyl (C=O) groups excluding carboxylic acids is 1. The largest absolute Gasteiger partial charge is 0.458 e. The molecule has 1 fully saturated rings. The average Bonchev–Trinajstić information content (AvgIpc) is 2.18. The van der Waals surface area contributed by atoms with Crippen molar-refractivity contribution in [3.63, 3.8) is 0 Å². The highest BCUT2D eigenvalue weighted by Gasteiger charge is 2.39. The predicted octanol–water partition coefficient (Wildman–Crippen LogP) is 2.37. The first-order valence-corrected chi connectivity index (χ1v) is 9.58. The Hall–Kier alpha value is -0.793. The Balaban J connectivity index is 2.87. The van der Waals surface area contributed by atoms with Gasteiger partial charge in [-0.1, -0.05) is 25.6 Å². The lowest BCUT2D eigenvalue weighted by molar-refractivity contribution is -0.169. The molecule has 0 bridgehead atoms. The molecule has 1 aliphatic heterocycles. The number of hydrogen-bond acceptors (Lipinski definition) is 3. The molecule has 1 saturated heterocycles. The van der Waals surface area contributed by atoms with E-state index in [9.17, 15) is 4.79 Å². The van der Waals surface area contributed by atoms with Gasteiger partial charge in [0.25, 0.3) is 0 Å². The van der Waals surface area contributed by atoms with Gasteiger partial charge in [0.05, 0.1) is 0 Å². The van der Waals surface area contributed by atoms with Gasteiger partial charge in [-0.05, 0) is 19.8 Å². The Kier molecular flexibility index (Phi) is 4.40. The second kappa shape index (κ2) is 5.24. The summed E-state index contributed by atoms with van der Waals surface area (Å²) in [5, 5.41) is 0. The molecule has 0 aromatic carbocycles. The van der Waals surface area contributed by atoms with Gasteiger partial charge in [0, 0.05) is 13.5 Å². The van der Waals surface area contributed by atoms with Crippen LogP contribution in [0.15, 0.2) is 0 Å². The molecule has 4 heteroatoms. The molecule has 0 aromatic rings. The topological polar surface area (TPSA) is 35.5 Å². The zero-order valence-electron chi connectivity index (χ0n) is 11.4. The maximum atomic E-state index is 11.1. The molecule has 0 radical (unpaired) electrons. The van der Waals surface area contributed by atoms with E-state index in [1.165, 1.54) is 6.92 Å². The van der Waals surface area contributed by atoms with Crippen molar-refractivity contribution in [1.82, 2.24) is 0 Å². The van der Waals surface area contributed by atoms with Crippen LogP contribution in [0.3, 0.4) is 0 Å². The van der Waals surface area contributed by atoms with Crippen LogP contribution in [0.4, 0.5) is 0 Å². The van der Waals surface area contributed by atoms with Crippen molar-refractivity contribution >= 4 is 14.0 Å². The van der Waals surface area contributed by atoms with E-state index in [1.54, 1.807) is 0 Å². The van der Waals surface area contributed by atoms with E-state index in [0.29, 0.717) is 6.61 Å². The summed E-state index contributed by atoms with van der Waals surface area (Å²) >= 11 is 0. The third kappa shape index (κ3) is 4.53. The molecule has 0 N–H and O–H groups in total. The SMILES string of the molecule is CC(=O)O[C@@H]1CCCO[C@]1(C)C#C[Si](C)(C)C. The minimum Gasteiger partial charge on any atom is -0.458 e. The van der Waals surface area contributed by atoms with Crippen LogP contribution in [0.25, 0.3) is 0 Å². The van der Waals surface area contributed by atoms with Crippen LogP contribution in [0.5, 0.6) is 0 Å². The Morgan fingerprint density at radius 2 is 2.12 bits per heavy atom. The zero-order chi connectivity index (χ0) is 13.1. The molecule has 1 aliphatic rings. The van der Waals surface area contributed by atoms with E-state index in [4.69, 9.17) is 9.47 Å². The fourth-order valence-corrected chi connectivity index (χ4v) is 2.34. The van der Waals surface area contributed by atoms with Crippen molar-refractivity contribution < 1.29 is 14.3 Å². The molecular formula is C13H22O3Si. The first-order chi connectivity index (χ1) is 7.73. The highest BCUT2D eigenvalue weighted by Crippen LogP contribution is 2.27. The third-order valence-corrected chi connectivity index (χ3v) is 3.50. The van der Waals surface area contributed by atoms with Crippen molar-refractivity contribution in [2.75, 3.05) is 6.61 Å². The first kappa shape index (κ1) is 14.3. The summed E-state index contributed by atoms with van der Waals surface area (Å²) in [6.07, 6.45) is 1.51. The summed E-state index contributed by atoms with van der Waals surface area (Å²) in [4.78, 5) is 11.1. The molecule has 1 rings (SSSR count). The van der Waals surface area contributed by atoms with Gasteiger partial charge in [-0.2, -0.15) is 0 Å². The van der Waals surface area contributed by atoms with Crippen molar-refractivity contribution in [3.05, 3.63) is 0 Å². The number of hydrogen-bond donors (Lipinski definition) is 0. The second-order valence-corrected chi connectivity index (χ2v) is 10.4. The molecule has 1 heterocycles. The van der Waals surface area contributed by atoms with Crippen molar-refractivity contribution in [1.29, 1.82) is 0 Å². The van der Waals surface area contributed by atoms with Crippen molar-refractivity contribution in [2.45, 2.75) is 58.0 Å². The number of esters is 1. The van der Waals surface area contributed by atoms with Crippen LogP contribution in [-0.2, 0) is 14.3 Å². The maximum Gasteiger partial charge on any atom is 0.303 e. The molecule has 0 saturated carbocycles. The Morgan fingerprint density at radius 3 is 2.65 bits per heavy atom. The Morgan fingerprint density at radius 1 is 1.47 bits per heavy atom. The van der Waals surface area contributed by atoms with Crippen LogP contribution in [0.1, 0.15) is 26.7 Å². The summed E-state index contributed by atoms with van der Waals surface area (Å²) in [5.74, 6) is 2.94. The Bertz CT molecular complexity index is 348. The van der Waals surface area contributed by atoms with Crippen LogP contribution >= 0.6 is 0 Å². The third-order valence-electron chi connectivity index (χ3n) is 2.62. The summed E-state index contributed by atoms with van der Waals surface area (Å²) in [7, 11) is -1.44. The van der Waals surface area contributed by atoms with Gasteiger partial charge in [-0.25, -0.2) is 0 Å². The molecule has 96 valence electrons. The van der Waals surface area contributed by atoms with Crippen LogP contribution < -0.4 is 0 Å². The molecular weight excluding hydrogens is 232 g/mol. The summed E-state index contributed by atoms with van der Waals surface area (Å²) in [5.41, 5.74) is 2.67. The first-order valence-electron chi connectivity index (χ1n) is 6.08. The van der Waals surface area contributed by atoms with Gasteiger partial charge >= 0.3 is 5.97 Å². The minimum atomic E-state index is -1.44. The highest BCUT2D eigenvalue weighted by atomic mass is 28.3.